The van der Waals surface area contributed by atoms with Crippen LogP contribution in [-0.2, 0) is 0 Å². The van der Waals surface area contributed by atoms with E-state index in [2.05, 4.69) is 61.3 Å². The fourth-order valence-corrected chi connectivity index (χ4v) is 2.58. The summed E-state index contributed by atoms with van der Waals surface area (Å²) in [6.45, 7) is 8.10. The van der Waals surface area contributed by atoms with Gasteiger partial charge in [0.1, 0.15) is 5.82 Å². The lowest BCUT2D eigenvalue weighted by atomic mass is 10.2. The summed E-state index contributed by atoms with van der Waals surface area (Å²) in [6.07, 6.45) is 0. The average Bonchev–Trinajstić information content (AvgIpc) is 2.58. The smallest absolute Gasteiger partial charge is 0.227 e. The Morgan fingerprint density at radius 3 is 2.30 bits per heavy atom. The molecule has 23 heavy (non-hydrogen) atoms. The summed E-state index contributed by atoms with van der Waals surface area (Å²) in [5, 5.41) is 4.47. The molecule has 118 valence electrons. The van der Waals surface area contributed by atoms with Crippen molar-refractivity contribution in [2.45, 2.75) is 20.8 Å². The Morgan fingerprint density at radius 1 is 0.913 bits per heavy atom. The number of rotatable bonds is 5. The Bertz CT molecular complexity index is 792. The molecule has 3 rings (SSSR count). The highest BCUT2D eigenvalue weighted by Gasteiger charge is 2.11. The topological polar surface area (TPSA) is 41.1 Å². The number of aromatic nitrogens is 2. The van der Waals surface area contributed by atoms with Crippen molar-refractivity contribution in [3.05, 3.63) is 54.1 Å². The molecule has 0 bridgehead atoms. The van der Waals surface area contributed by atoms with Gasteiger partial charge in [0.25, 0.3) is 0 Å². The Morgan fingerprint density at radius 2 is 1.61 bits per heavy atom. The summed E-state index contributed by atoms with van der Waals surface area (Å²) in [6, 6.07) is 16.4. The number of benzene rings is 2. The summed E-state index contributed by atoms with van der Waals surface area (Å²) >= 11 is 0. The third-order valence-corrected chi connectivity index (χ3v) is 3.95. The van der Waals surface area contributed by atoms with E-state index in [0.717, 1.165) is 41.4 Å². The molecule has 0 amide bonds. The van der Waals surface area contributed by atoms with E-state index in [9.17, 15) is 0 Å². The van der Waals surface area contributed by atoms with E-state index in [1.165, 1.54) is 5.56 Å². The zero-order chi connectivity index (χ0) is 16.2. The third-order valence-electron chi connectivity index (χ3n) is 3.95. The molecule has 0 radical (unpaired) electrons. The summed E-state index contributed by atoms with van der Waals surface area (Å²) < 4.78 is 0. The Hall–Kier alpha value is -2.62. The van der Waals surface area contributed by atoms with Crippen molar-refractivity contribution in [2.24, 2.45) is 0 Å². The molecule has 1 N–H and O–H groups in total. The van der Waals surface area contributed by atoms with Crippen LogP contribution in [0, 0.1) is 6.92 Å². The predicted octanol–water partition coefficient (Wildman–Crippen LogP) is 4.53. The van der Waals surface area contributed by atoms with Crippen LogP contribution in [0.2, 0.25) is 0 Å². The maximum absolute atomic E-state index is 4.76. The molecule has 1 heterocycles. The Labute approximate surface area is 137 Å². The van der Waals surface area contributed by atoms with Gasteiger partial charge in [0.2, 0.25) is 5.95 Å². The van der Waals surface area contributed by atoms with Crippen molar-refractivity contribution >= 4 is 28.4 Å². The van der Waals surface area contributed by atoms with Crippen molar-refractivity contribution in [1.29, 1.82) is 0 Å². The number of para-hydroxylation sites is 1. The number of fused-ring (bicyclic) bond motifs is 1. The van der Waals surface area contributed by atoms with E-state index in [1.54, 1.807) is 0 Å². The zero-order valence-corrected chi connectivity index (χ0v) is 13.9. The lowest BCUT2D eigenvalue weighted by Gasteiger charge is -2.20. The highest BCUT2D eigenvalue weighted by molar-refractivity contribution is 5.91. The third kappa shape index (κ3) is 3.26. The largest absolute Gasteiger partial charge is 0.341 e. The summed E-state index contributed by atoms with van der Waals surface area (Å²) in [7, 11) is 0. The van der Waals surface area contributed by atoms with Gasteiger partial charge in [-0.3, -0.25) is 0 Å². The van der Waals surface area contributed by atoms with Crippen LogP contribution in [-0.4, -0.2) is 23.1 Å². The quantitative estimate of drug-likeness (QED) is 0.752. The second-order valence-corrected chi connectivity index (χ2v) is 5.55. The molecule has 4 nitrogen and oxygen atoms in total. The second kappa shape index (κ2) is 6.65. The van der Waals surface area contributed by atoms with Crippen LogP contribution < -0.4 is 10.2 Å². The minimum Gasteiger partial charge on any atom is -0.341 e. The van der Waals surface area contributed by atoms with Crippen LogP contribution in [0.4, 0.5) is 17.5 Å². The standard InChI is InChI=1S/C19H22N4/c1-4-23(5-2)19-21-17-9-7-6-8-16(17)18(22-19)20-15-12-10-14(3)11-13-15/h6-13H,4-5H2,1-3H3,(H,20,21,22). The number of hydrogen-bond donors (Lipinski definition) is 1. The number of nitrogens with zero attached hydrogens (tertiary/aromatic N) is 3. The van der Waals surface area contributed by atoms with Gasteiger partial charge >= 0.3 is 0 Å². The van der Waals surface area contributed by atoms with Gasteiger partial charge in [-0.1, -0.05) is 29.8 Å². The fourth-order valence-electron chi connectivity index (χ4n) is 2.58. The van der Waals surface area contributed by atoms with Crippen LogP contribution in [0.15, 0.2) is 48.5 Å². The number of anilines is 3. The van der Waals surface area contributed by atoms with Gasteiger partial charge in [0.05, 0.1) is 5.52 Å². The van der Waals surface area contributed by atoms with Gasteiger partial charge in [-0.15, -0.1) is 0 Å². The van der Waals surface area contributed by atoms with Gasteiger partial charge in [-0.25, -0.2) is 4.98 Å². The highest BCUT2D eigenvalue weighted by atomic mass is 15.3. The van der Waals surface area contributed by atoms with Gasteiger partial charge in [0, 0.05) is 24.2 Å². The first-order valence-corrected chi connectivity index (χ1v) is 8.06. The van der Waals surface area contributed by atoms with Gasteiger partial charge in [-0.05, 0) is 45.0 Å². The molecule has 0 fully saturated rings. The van der Waals surface area contributed by atoms with E-state index in [1.807, 2.05) is 18.2 Å². The Balaban J connectivity index is 2.07. The molecule has 0 saturated heterocycles. The van der Waals surface area contributed by atoms with E-state index in [0.29, 0.717) is 0 Å². The first-order valence-electron chi connectivity index (χ1n) is 8.06. The molecule has 0 spiro atoms. The molecular weight excluding hydrogens is 284 g/mol. The van der Waals surface area contributed by atoms with Crippen molar-refractivity contribution in [1.82, 2.24) is 9.97 Å². The first-order chi connectivity index (χ1) is 11.2. The van der Waals surface area contributed by atoms with Crippen LogP contribution in [0.3, 0.4) is 0 Å². The zero-order valence-electron chi connectivity index (χ0n) is 13.9. The van der Waals surface area contributed by atoms with Crippen molar-refractivity contribution < 1.29 is 0 Å². The molecule has 1 aromatic heterocycles. The van der Waals surface area contributed by atoms with E-state index >= 15 is 0 Å². The van der Waals surface area contributed by atoms with Crippen molar-refractivity contribution in [3.63, 3.8) is 0 Å². The van der Waals surface area contributed by atoms with Gasteiger partial charge in [0.15, 0.2) is 0 Å². The van der Waals surface area contributed by atoms with Crippen molar-refractivity contribution in [2.75, 3.05) is 23.3 Å². The van der Waals surface area contributed by atoms with Crippen LogP contribution in [0.25, 0.3) is 10.9 Å². The summed E-state index contributed by atoms with van der Waals surface area (Å²) in [5.74, 6) is 1.62. The number of aryl methyl sites for hydroxylation is 1. The molecule has 0 aliphatic carbocycles. The highest BCUT2D eigenvalue weighted by Crippen LogP contribution is 2.26. The maximum Gasteiger partial charge on any atom is 0.227 e. The maximum atomic E-state index is 4.76. The van der Waals surface area contributed by atoms with E-state index in [4.69, 9.17) is 9.97 Å². The molecule has 2 aromatic carbocycles. The first kappa shape index (κ1) is 15.3. The number of hydrogen-bond acceptors (Lipinski definition) is 4. The minimum atomic E-state index is 0.767. The lowest BCUT2D eigenvalue weighted by molar-refractivity contribution is 0.827. The Kier molecular flexibility index (Phi) is 4.42. The van der Waals surface area contributed by atoms with Crippen LogP contribution in [0.5, 0.6) is 0 Å². The average molecular weight is 306 g/mol. The molecule has 0 saturated carbocycles. The van der Waals surface area contributed by atoms with Crippen LogP contribution in [0.1, 0.15) is 19.4 Å². The van der Waals surface area contributed by atoms with Gasteiger partial charge in [-0.2, -0.15) is 4.98 Å². The molecule has 0 atom stereocenters. The fraction of sp³-hybridized carbons (Fsp3) is 0.263. The molecule has 3 aromatic rings. The van der Waals surface area contributed by atoms with E-state index < -0.39 is 0 Å². The molecule has 4 heteroatoms. The molecular formula is C19H22N4. The number of nitrogens with one attached hydrogen (secondary N) is 1. The summed E-state index contributed by atoms with van der Waals surface area (Å²) in [4.78, 5) is 11.6. The molecule has 0 aliphatic heterocycles. The molecule has 0 aliphatic rings. The second-order valence-electron chi connectivity index (χ2n) is 5.55. The molecule has 0 unspecified atom stereocenters. The summed E-state index contributed by atoms with van der Waals surface area (Å²) in [5.41, 5.74) is 3.23. The normalized spacial score (nSPS) is 10.7. The monoisotopic (exact) mass is 306 g/mol. The van der Waals surface area contributed by atoms with Gasteiger partial charge < -0.3 is 10.2 Å². The SMILES string of the molecule is CCN(CC)c1nc(Nc2ccc(C)cc2)c2ccccc2n1. The lowest BCUT2D eigenvalue weighted by Crippen LogP contribution is -2.24. The van der Waals surface area contributed by atoms with E-state index in [-0.39, 0.29) is 0 Å². The van der Waals surface area contributed by atoms with Crippen LogP contribution >= 0.6 is 0 Å². The predicted molar refractivity (Wildman–Crippen MR) is 97.6 cm³/mol. The minimum absolute atomic E-state index is 0.767. The van der Waals surface area contributed by atoms with Crippen molar-refractivity contribution in [3.8, 4) is 0 Å².